The quantitative estimate of drug-likeness (QED) is 0.326. The van der Waals surface area contributed by atoms with Gasteiger partial charge in [0.2, 0.25) is 11.8 Å². The van der Waals surface area contributed by atoms with E-state index in [2.05, 4.69) is 13.2 Å². The number of likely N-dealkylation sites (tertiary alicyclic amines) is 1. The van der Waals surface area contributed by atoms with Crippen molar-refractivity contribution < 1.29 is 24.2 Å². The number of anilines is 1. The molecule has 3 saturated heterocycles. The van der Waals surface area contributed by atoms with Gasteiger partial charge in [-0.05, 0) is 70.1 Å². The van der Waals surface area contributed by atoms with Crippen LogP contribution in [0.4, 0.5) is 5.69 Å². The highest BCUT2D eigenvalue weighted by molar-refractivity contribution is 6.05. The zero-order valence-electron chi connectivity index (χ0n) is 23.8. The smallest absolute Gasteiger partial charge is 0.253 e. The van der Waals surface area contributed by atoms with Gasteiger partial charge in [-0.15, -0.1) is 13.2 Å². The molecule has 1 aromatic carbocycles. The number of rotatable bonds is 12. The Morgan fingerprint density at radius 2 is 1.85 bits per heavy atom. The third-order valence-electron chi connectivity index (χ3n) is 8.85. The molecule has 0 saturated carbocycles. The zero-order chi connectivity index (χ0) is 28.5. The van der Waals surface area contributed by atoms with Crippen LogP contribution in [0.1, 0.15) is 50.2 Å². The first-order valence-electron chi connectivity index (χ1n) is 14.0. The molecule has 3 fully saturated rings. The van der Waals surface area contributed by atoms with Gasteiger partial charge in [0.05, 0.1) is 17.4 Å². The number of likely N-dealkylation sites (N-methyl/N-ethyl adjacent to an activating group) is 1. The summed E-state index contributed by atoms with van der Waals surface area (Å²) in [4.78, 5) is 47.6. The van der Waals surface area contributed by atoms with Crippen molar-refractivity contribution in [3.8, 4) is 0 Å². The molecular formula is C31H43N3O5. The van der Waals surface area contributed by atoms with E-state index < -0.39 is 29.1 Å². The number of aryl methyl sites for hydroxylation is 2. The maximum absolute atomic E-state index is 14.6. The van der Waals surface area contributed by atoms with Crippen molar-refractivity contribution in [3.63, 3.8) is 0 Å². The number of hydrogen-bond acceptors (Lipinski definition) is 5. The Balaban J connectivity index is 1.79. The van der Waals surface area contributed by atoms with Crippen LogP contribution in [-0.2, 0) is 19.1 Å². The molecule has 3 aliphatic rings. The van der Waals surface area contributed by atoms with Crippen molar-refractivity contribution >= 4 is 23.4 Å². The number of hydrogen-bond donors (Lipinski definition) is 1. The van der Waals surface area contributed by atoms with Gasteiger partial charge in [0.1, 0.15) is 11.6 Å². The monoisotopic (exact) mass is 537 g/mol. The summed E-state index contributed by atoms with van der Waals surface area (Å²) in [6.07, 6.45) is 6.50. The molecule has 2 unspecified atom stereocenters. The van der Waals surface area contributed by atoms with E-state index in [-0.39, 0.29) is 30.9 Å². The molecule has 0 radical (unpaired) electrons. The Hall–Kier alpha value is -2.97. The summed E-state index contributed by atoms with van der Waals surface area (Å²) in [5.74, 6) is -1.95. The van der Waals surface area contributed by atoms with E-state index in [0.29, 0.717) is 38.8 Å². The van der Waals surface area contributed by atoms with Crippen LogP contribution >= 0.6 is 0 Å². The minimum Gasteiger partial charge on any atom is -0.396 e. The van der Waals surface area contributed by atoms with Crippen LogP contribution in [0.5, 0.6) is 0 Å². The second-order valence-corrected chi connectivity index (χ2v) is 11.6. The van der Waals surface area contributed by atoms with Crippen LogP contribution in [-0.4, -0.2) is 83.2 Å². The standard InChI is InChI=1S/C31H43N3O5/c1-7-16-32(6)27(36)24-25-28(37)34(18-10-9-11-19-35)26(31(25)15-14-30(24,5)39-31)29(38)33(17-8-2)23-20-21(3)12-13-22(23)4/h7-8,12-13,20,24-26,35H,1-2,9-11,14-19H2,3-6H3/t24-,25+,26?,30+,31?/m1/s1. The lowest BCUT2D eigenvalue weighted by molar-refractivity contribution is -0.149. The van der Waals surface area contributed by atoms with Crippen LogP contribution < -0.4 is 4.90 Å². The van der Waals surface area contributed by atoms with Crippen LogP contribution in [0.25, 0.3) is 0 Å². The SMILES string of the molecule is C=CCN(C)C(=O)[C@H]1[C@H]2C(=O)N(CCCCCO)C(C(=O)N(CC=C)c3cc(C)ccc3C)C23CC[C@]1(C)O3. The van der Waals surface area contributed by atoms with Gasteiger partial charge in [-0.2, -0.15) is 0 Å². The minimum atomic E-state index is -1.08. The van der Waals surface area contributed by atoms with Gasteiger partial charge in [0.15, 0.2) is 0 Å². The molecule has 1 spiro atoms. The second-order valence-electron chi connectivity index (χ2n) is 11.6. The summed E-state index contributed by atoms with van der Waals surface area (Å²) >= 11 is 0. The van der Waals surface area contributed by atoms with Gasteiger partial charge in [0.25, 0.3) is 5.91 Å². The molecule has 5 atom stereocenters. The average Bonchev–Trinajstić information content (AvgIpc) is 3.47. The number of carbonyl (C=O) groups is 3. The van der Waals surface area contributed by atoms with Crippen molar-refractivity contribution in [2.45, 2.75) is 70.1 Å². The molecule has 212 valence electrons. The highest BCUT2D eigenvalue weighted by Crippen LogP contribution is 2.63. The topological polar surface area (TPSA) is 90.4 Å². The number of ether oxygens (including phenoxy) is 1. The summed E-state index contributed by atoms with van der Waals surface area (Å²) in [7, 11) is 1.72. The first kappa shape index (κ1) is 29.0. The number of benzene rings is 1. The van der Waals surface area contributed by atoms with E-state index in [0.717, 1.165) is 23.2 Å². The third kappa shape index (κ3) is 4.82. The Labute approximate surface area is 232 Å². The summed E-state index contributed by atoms with van der Waals surface area (Å²) in [6, 6.07) is 5.13. The van der Waals surface area contributed by atoms with E-state index in [1.54, 1.807) is 33.9 Å². The molecule has 3 heterocycles. The summed E-state index contributed by atoms with van der Waals surface area (Å²) in [6.45, 7) is 14.6. The number of nitrogens with zero attached hydrogens (tertiary/aromatic N) is 3. The van der Waals surface area contributed by atoms with Crippen LogP contribution in [0.15, 0.2) is 43.5 Å². The third-order valence-corrected chi connectivity index (χ3v) is 8.85. The molecule has 4 rings (SSSR count). The van der Waals surface area contributed by atoms with Crippen LogP contribution in [0, 0.1) is 25.7 Å². The number of amides is 3. The fraction of sp³-hybridized carbons (Fsp3) is 0.581. The van der Waals surface area contributed by atoms with Gasteiger partial charge in [-0.1, -0.05) is 24.3 Å². The lowest BCUT2D eigenvalue weighted by Gasteiger charge is -2.37. The van der Waals surface area contributed by atoms with Crippen molar-refractivity contribution in [2.24, 2.45) is 11.8 Å². The number of fused-ring (bicyclic) bond motifs is 1. The van der Waals surface area contributed by atoms with E-state index >= 15 is 0 Å². The van der Waals surface area contributed by atoms with Gasteiger partial charge < -0.3 is 24.5 Å². The van der Waals surface area contributed by atoms with Crippen molar-refractivity contribution in [2.75, 3.05) is 38.2 Å². The normalized spacial score (nSPS) is 28.9. The number of unbranched alkanes of at least 4 members (excludes halogenated alkanes) is 2. The van der Waals surface area contributed by atoms with E-state index in [1.807, 2.05) is 39.0 Å². The molecule has 8 heteroatoms. The Bertz CT molecular complexity index is 1150. The highest BCUT2D eigenvalue weighted by Gasteiger charge is 2.78. The first-order chi connectivity index (χ1) is 18.6. The Kier molecular flexibility index (Phi) is 8.38. The molecule has 0 aromatic heterocycles. The van der Waals surface area contributed by atoms with Gasteiger partial charge in [0, 0.05) is 39.0 Å². The average molecular weight is 538 g/mol. The maximum Gasteiger partial charge on any atom is 0.253 e. The van der Waals surface area contributed by atoms with Crippen LogP contribution in [0.2, 0.25) is 0 Å². The van der Waals surface area contributed by atoms with Crippen molar-refractivity contribution in [3.05, 3.63) is 54.6 Å². The van der Waals surface area contributed by atoms with Crippen molar-refractivity contribution in [1.82, 2.24) is 9.80 Å². The molecule has 1 N–H and O–H groups in total. The van der Waals surface area contributed by atoms with Gasteiger partial charge in [-0.25, -0.2) is 0 Å². The first-order valence-corrected chi connectivity index (χ1v) is 14.0. The Morgan fingerprint density at radius 3 is 2.51 bits per heavy atom. The molecule has 3 amide bonds. The summed E-state index contributed by atoms with van der Waals surface area (Å²) in [5.41, 5.74) is 0.859. The summed E-state index contributed by atoms with van der Waals surface area (Å²) in [5, 5.41) is 9.27. The van der Waals surface area contributed by atoms with Gasteiger partial charge in [-0.3, -0.25) is 14.4 Å². The molecular weight excluding hydrogens is 494 g/mol. The predicted molar refractivity (Wildman–Crippen MR) is 151 cm³/mol. The number of carbonyl (C=O) groups excluding carboxylic acids is 3. The molecule has 39 heavy (non-hydrogen) atoms. The lowest BCUT2D eigenvalue weighted by Crippen LogP contribution is -2.56. The largest absolute Gasteiger partial charge is 0.396 e. The molecule has 8 nitrogen and oxygen atoms in total. The number of aliphatic hydroxyl groups is 1. The fourth-order valence-electron chi connectivity index (χ4n) is 7.01. The lowest BCUT2D eigenvalue weighted by atomic mass is 9.66. The molecule has 1 aromatic rings. The Morgan fingerprint density at radius 1 is 1.13 bits per heavy atom. The minimum absolute atomic E-state index is 0.0797. The van der Waals surface area contributed by atoms with Crippen LogP contribution in [0.3, 0.4) is 0 Å². The molecule has 2 bridgehead atoms. The summed E-state index contributed by atoms with van der Waals surface area (Å²) < 4.78 is 6.76. The highest BCUT2D eigenvalue weighted by atomic mass is 16.5. The zero-order valence-corrected chi connectivity index (χ0v) is 23.8. The number of aliphatic hydroxyl groups excluding tert-OH is 1. The van der Waals surface area contributed by atoms with E-state index in [1.165, 1.54) is 0 Å². The predicted octanol–water partition coefficient (Wildman–Crippen LogP) is 3.39. The van der Waals surface area contributed by atoms with Crippen molar-refractivity contribution in [1.29, 1.82) is 0 Å². The maximum atomic E-state index is 14.6. The van der Waals surface area contributed by atoms with Gasteiger partial charge >= 0.3 is 0 Å². The van der Waals surface area contributed by atoms with E-state index in [4.69, 9.17) is 4.74 Å². The molecule has 0 aliphatic carbocycles. The second kappa shape index (κ2) is 11.3. The van der Waals surface area contributed by atoms with E-state index in [9.17, 15) is 19.5 Å². The fourth-order valence-corrected chi connectivity index (χ4v) is 7.01. The molecule has 3 aliphatic heterocycles.